The van der Waals surface area contributed by atoms with Gasteiger partial charge < -0.3 is 10.1 Å². The number of aromatic nitrogens is 1. The Kier molecular flexibility index (Phi) is 7.80. The fourth-order valence-corrected chi connectivity index (χ4v) is 3.24. The normalized spacial score (nSPS) is 18.4. The van der Waals surface area contributed by atoms with Crippen LogP contribution in [0, 0.1) is 6.92 Å². The summed E-state index contributed by atoms with van der Waals surface area (Å²) in [6, 6.07) is -1.57. The van der Waals surface area contributed by atoms with Crippen molar-refractivity contribution in [3.05, 3.63) is 23.5 Å². The number of sulfonamides is 1. The van der Waals surface area contributed by atoms with Crippen LogP contribution in [-0.4, -0.2) is 73.8 Å². The Hall–Kier alpha value is -2.66. The summed E-state index contributed by atoms with van der Waals surface area (Å²) in [6.45, 7) is -0.223. The zero-order valence-electron chi connectivity index (χ0n) is 17.0. The van der Waals surface area contributed by atoms with Crippen LogP contribution in [0.15, 0.2) is 12.3 Å². The fourth-order valence-electron chi connectivity index (χ4n) is 2.51. The number of hydroxylamine groups is 2. The molecule has 0 aliphatic carbocycles. The van der Waals surface area contributed by atoms with E-state index in [0.717, 1.165) is 19.2 Å². The highest BCUT2D eigenvalue weighted by atomic mass is 32.2. The summed E-state index contributed by atoms with van der Waals surface area (Å²) in [5, 5.41) is 2.29. The van der Waals surface area contributed by atoms with Gasteiger partial charge in [0, 0.05) is 0 Å². The first-order chi connectivity index (χ1) is 15.0. The zero-order valence-corrected chi connectivity index (χ0v) is 17.8. The number of carbonyl (C=O) groups is 2. The van der Waals surface area contributed by atoms with Crippen LogP contribution in [0.1, 0.15) is 23.0 Å². The molecule has 0 saturated carbocycles. The van der Waals surface area contributed by atoms with E-state index in [1.54, 1.807) is 0 Å². The minimum atomic E-state index is -5.59. The number of carbonyl (C=O) groups excluding carboxylic acids is 2. The van der Waals surface area contributed by atoms with Gasteiger partial charge in [0.15, 0.2) is 0 Å². The molecule has 2 amide bonds. The average Bonchev–Trinajstić information content (AvgIpc) is 2.98. The molecule has 2 atom stereocenters. The second kappa shape index (κ2) is 9.68. The van der Waals surface area contributed by atoms with Gasteiger partial charge in [-0.2, -0.15) is 26.3 Å². The number of hydrogen-bond donors (Lipinski definition) is 2. The average molecular weight is 508 g/mol. The van der Waals surface area contributed by atoms with Crippen LogP contribution >= 0.6 is 0 Å². The van der Waals surface area contributed by atoms with Crippen LogP contribution in [0.5, 0.6) is 5.75 Å². The minimum absolute atomic E-state index is 0.0823. The van der Waals surface area contributed by atoms with Gasteiger partial charge in [0.05, 0.1) is 23.5 Å². The van der Waals surface area contributed by atoms with Crippen molar-refractivity contribution in [2.45, 2.75) is 37.6 Å². The zero-order chi connectivity index (χ0) is 25.2. The number of nitrogens with one attached hydrogen (secondary N) is 2. The van der Waals surface area contributed by atoms with Gasteiger partial charge in [-0.05, 0) is 19.9 Å². The molecule has 0 spiro atoms. The Morgan fingerprint density at radius 1 is 1.33 bits per heavy atom. The second-order valence-electron chi connectivity index (χ2n) is 6.89. The molecule has 2 heterocycles. The van der Waals surface area contributed by atoms with Crippen LogP contribution in [0.3, 0.4) is 0 Å². The molecule has 2 rings (SSSR count). The van der Waals surface area contributed by atoms with E-state index in [1.807, 2.05) is 0 Å². The van der Waals surface area contributed by atoms with Gasteiger partial charge in [0.2, 0.25) is 0 Å². The molecule has 17 heteroatoms. The quantitative estimate of drug-likeness (QED) is 0.503. The third-order valence-electron chi connectivity index (χ3n) is 4.04. The summed E-state index contributed by atoms with van der Waals surface area (Å²) in [7, 11) is -5.59. The molecule has 33 heavy (non-hydrogen) atoms. The molecule has 0 aromatic carbocycles. The van der Waals surface area contributed by atoms with Crippen molar-refractivity contribution in [2.24, 2.45) is 0 Å². The molecule has 10 nitrogen and oxygen atoms in total. The van der Waals surface area contributed by atoms with Gasteiger partial charge in [0.25, 0.3) is 11.8 Å². The number of amides is 2. The van der Waals surface area contributed by atoms with E-state index in [2.05, 4.69) is 15.1 Å². The maximum Gasteiger partial charge on any atom is 0.511 e. The molecule has 1 aromatic heterocycles. The maximum atomic E-state index is 12.5. The smallest absolute Gasteiger partial charge is 0.490 e. The first kappa shape index (κ1) is 26.6. The molecule has 1 saturated heterocycles. The maximum absolute atomic E-state index is 12.5. The molecule has 2 N–H and O–H groups in total. The van der Waals surface area contributed by atoms with Crippen LogP contribution in [0.25, 0.3) is 0 Å². The van der Waals surface area contributed by atoms with E-state index in [0.29, 0.717) is 0 Å². The van der Waals surface area contributed by atoms with Crippen molar-refractivity contribution in [3.63, 3.8) is 0 Å². The lowest BCUT2D eigenvalue weighted by atomic mass is 10.1. The highest BCUT2D eigenvalue weighted by Gasteiger charge is 2.46. The number of alkyl halides is 6. The number of nitrogens with zero attached hydrogens (tertiary/aromatic N) is 2. The number of ether oxygens (including phenoxy) is 1. The number of aryl methyl sites for hydroxylation is 1. The minimum Gasteiger partial charge on any atom is -0.490 e. The standard InChI is InChI=1S/C16H18F6N4O6S/c1-8(25-33(29,30)16(20,21)22)5-31-10-3-11(9(2)23-4-10)13(27)24-12-6-32-26(14(12)28)7-15(17,18)19/h3-4,8,12,25H,5-7H2,1-2H3,(H,24,27)/t8-,12?/m0/s1. The monoisotopic (exact) mass is 508 g/mol. The summed E-state index contributed by atoms with van der Waals surface area (Å²) in [6.07, 6.45) is -3.59. The second-order valence-corrected chi connectivity index (χ2v) is 8.60. The lowest BCUT2D eigenvalue weighted by Gasteiger charge is -2.17. The van der Waals surface area contributed by atoms with Crippen molar-refractivity contribution in [1.82, 2.24) is 20.1 Å². The van der Waals surface area contributed by atoms with Gasteiger partial charge in [0.1, 0.15) is 31.5 Å². The van der Waals surface area contributed by atoms with Crippen molar-refractivity contribution in [3.8, 4) is 5.75 Å². The lowest BCUT2D eigenvalue weighted by molar-refractivity contribution is -0.214. The molecular weight excluding hydrogens is 490 g/mol. The Balaban J connectivity index is 2.01. The van der Waals surface area contributed by atoms with Gasteiger partial charge in [-0.1, -0.05) is 0 Å². The molecule has 1 fully saturated rings. The van der Waals surface area contributed by atoms with Crippen molar-refractivity contribution < 1.29 is 53.9 Å². The predicted molar refractivity (Wildman–Crippen MR) is 97.0 cm³/mol. The van der Waals surface area contributed by atoms with E-state index in [-0.39, 0.29) is 22.1 Å². The van der Waals surface area contributed by atoms with E-state index in [4.69, 9.17) is 4.74 Å². The fraction of sp³-hybridized carbons (Fsp3) is 0.562. The van der Waals surface area contributed by atoms with Gasteiger partial charge in [-0.15, -0.1) is 0 Å². The van der Waals surface area contributed by atoms with E-state index < -0.39 is 65.4 Å². The van der Waals surface area contributed by atoms with Crippen LogP contribution in [-0.2, 0) is 19.7 Å². The predicted octanol–water partition coefficient (Wildman–Crippen LogP) is 1.03. The third kappa shape index (κ3) is 7.16. The third-order valence-corrected chi connectivity index (χ3v) is 5.36. The van der Waals surface area contributed by atoms with Gasteiger partial charge in [-0.25, -0.2) is 18.2 Å². The van der Waals surface area contributed by atoms with E-state index in [9.17, 15) is 44.3 Å². The summed E-state index contributed by atoms with van der Waals surface area (Å²) >= 11 is 0. The Labute approximate surface area is 183 Å². The van der Waals surface area contributed by atoms with E-state index >= 15 is 0 Å². The number of pyridine rings is 1. The van der Waals surface area contributed by atoms with E-state index in [1.165, 1.54) is 11.6 Å². The Bertz CT molecular complexity index is 1000. The van der Waals surface area contributed by atoms with Crippen molar-refractivity contribution in [1.29, 1.82) is 0 Å². The van der Waals surface area contributed by atoms with Crippen molar-refractivity contribution in [2.75, 3.05) is 19.8 Å². The van der Waals surface area contributed by atoms with Crippen molar-refractivity contribution >= 4 is 21.8 Å². The first-order valence-corrected chi connectivity index (χ1v) is 10.5. The molecule has 1 aromatic rings. The summed E-state index contributed by atoms with van der Waals surface area (Å²) in [4.78, 5) is 33.0. The molecule has 1 unspecified atom stereocenters. The highest BCUT2D eigenvalue weighted by Crippen LogP contribution is 2.23. The molecule has 1 aliphatic rings. The largest absolute Gasteiger partial charge is 0.511 e. The van der Waals surface area contributed by atoms with Crippen LogP contribution in [0.2, 0.25) is 0 Å². The number of hydrogen-bond acceptors (Lipinski definition) is 7. The highest BCUT2D eigenvalue weighted by molar-refractivity contribution is 7.90. The molecule has 0 bridgehead atoms. The van der Waals surface area contributed by atoms with Gasteiger partial charge >= 0.3 is 21.7 Å². The summed E-state index contributed by atoms with van der Waals surface area (Å²) < 4.78 is 103. The molecule has 186 valence electrons. The number of halogens is 6. The van der Waals surface area contributed by atoms with Crippen LogP contribution in [0.4, 0.5) is 26.3 Å². The lowest BCUT2D eigenvalue weighted by Crippen LogP contribution is -2.44. The molecular formula is C16H18F6N4O6S. The van der Waals surface area contributed by atoms with Crippen LogP contribution < -0.4 is 14.8 Å². The topological polar surface area (TPSA) is 127 Å². The Morgan fingerprint density at radius 3 is 2.55 bits per heavy atom. The first-order valence-electron chi connectivity index (χ1n) is 9.00. The SMILES string of the molecule is Cc1ncc(OC[C@H](C)NS(=O)(=O)C(F)(F)F)cc1C(=O)NC1CON(CC(F)(F)F)C1=O. The summed E-state index contributed by atoms with van der Waals surface area (Å²) in [5.74, 6) is -2.12. The summed E-state index contributed by atoms with van der Waals surface area (Å²) in [5.41, 5.74) is -5.50. The molecule has 0 radical (unpaired) electrons. The number of rotatable bonds is 8. The van der Waals surface area contributed by atoms with Gasteiger partial charge in [-0.3, -0.25) is 19.4 Å². The molecule has 1 aliphatic heterocycles. The Morgan fingerprint density at radius 2 is 1.97 bits per heavy atom.